The number of aryl methyl sites for hydroxylation is 3. The van der Waals surface area contributed by atoms with Crippen LogP contribution in [0, 0.1) is 19.8 Å². The first-order chi connectivity index (χ1) is 22.0. The van der Waals surface area contributed by atoms with Gasteiger partial charge in [-0.3, -0.25) is 0 Å². The Bertz CT molecular complexity index is 2080. The number of hydrogen-bond donors (Lipinski definition) is 0. The fourth-order valence-corrected chi connectivity index (χ4v) is 8.34. The van der Waals surface area contributed by atoms with Gasteiger partial charge in [0.25, 0.3) is 0 Å². The van der Waals surface area contributed by atoms with Crippen LogP contribution in [0.5, 0.6) is 5.75 Å². The molecule has 2 aliphatic rings. The van der Waals surface area contributed by atoms with Crippen LogP contribution in [0.4, 0.5) is 5.69 Å². The molecule has 6 heteroatoms. The van der Waals surface area contributed by atoms with Gasteiger partial charge >= 0.3 is 0 Å². The quantitative estimate of drug-likeness (QED) is 0.195. The average Bonchev–Trinajstić information content (AvgIpc) is 3.57. The number of methoxy groups -OCH3 is 1. The maximum atomic E-state index is 5.98. The first-order valence-corrected chi connectivity index (χ1v) is 16.9. The average molecular weight is 738 g/mol. The Kier molecular flexibility index (Phi) is 8.45. The van der Waals surface area contributed by atoms with Crippen molar-refractivity contribution in [1.82, 2.24) is 4.57 Å². The number of fused-ring (bicyclic) bond motifs is 7. The topological polar surface area (TPSA) is 21.3 Å². The number of benzene rings is 5. The van der Waals surface area contributed by atoms with Gasteiger partial charge in [0.1, 0.15) is 12.3 Å². The second-order valence-corrected chi connectivity index (χ2v) is 13.9. The molecule has 0 radical (unpaired) electrons. The van der Waals surface area contributed by atoms with Crippen molar-refractivity contribution in [3.8, 4) is 5.75 Å². The second-order valence-electron chi connectivity index (χ2n) is 13.0. The van der Waals surface area contributed by atoms with E-state index in [9.17, 15) is 0 Å². The summed E-state index contributed by atoms with van der Waals surface area (Å²) >= 11 is 3.73. The highest BCUT2D eigenvalue weighted by Crippen LogP contribution is 2.52. The van der Waals surface area contributed by atoms with Gasteiger partial charge in [0, 0.05) is 29.9 Å². The highest BCUT2D eigenvalue weighted by atomic mass is 79.9. The first-order valence-electron chi connectivity index (χ1n) is 16.1. The van der Waals surface area contributed by atoms with Crippen LogP contribution >= 0.6 is 15.9 Å². The number of hydrogen-bond acceptors (Lipinski definition) is 2. The number of nitrogens with zero attached hydrogens (tertiary/aromatic N) is 3. The molecule has 0 saturated carbocycles. The van der Waals surface area contributed by atoms with Gasteiger partial charge in [-0.05, 0) is 107 Å². The third-order valence-electron chi connectivity index (χ3n) is 10.2. The minimum atomic E-state index is 0. The van der Waals surface area contributed by atoms with E-state index in [1.165, 1.54) is 60.9 Å². The Labute approximate surface area is 290 Å². The molecule has 5 aromatic carbocycles. The molecule has 0 amide bonds. The zero-order chi connectivity index (χ0) is 30.7. The second kappa shape index (κ2) is 12.5. The van der Waals surface area contributed by atoms with Crippen molar-refractivity contribution in [2.75, 3.05) is 25.1 Å². The van der Waals surface area contributed by atoms with E-state index in [1.54, 1.807) is 0 Å². The van der Waals surface area contributed by atoms with E-state index >= 15 is 0 Å². The molecule has 1 aromatic heterocycles. The molecule has 234 valence electrons. The Morgan fingerprint density at radius 3 is 2.52 bits per heavy atom. The fraction of sp³-hybridized carbons (Fsp3) is 0.275. The largest absolute Gasteiger partial charge is 1.00 e. The van der Waals surface area contributed by atoms with Crippen LogP contribution in [0.2, 0.25) is 0 Å². The Morgan fingerprint density at radius 2 is 1.67 bits per heavy atom. The summed E-state index contributed by atoms with van der Waals surface area (Å²) in [6.07, 6.45) is 4.53. The van der Waals surface area contributed by atoms with E-state index in [2.05, 4.69) is 141 Å². The number of imidazole rings is 1. The van der Waals surface area contributed by atoms with Crippen LogP contribution in [0.25, 0.3) is 21.8 Å². The predicted molar refractivity (Wildman–Crippen MR) is 188 cm³/mol. The minimum absolute atomic E-state index is 0. The molecule has 2 heterocycles. The lowest BCUT2D eigenvalue weighted by atomic mass is 9.81. The van der Waals surface area contributed by atoms with Gasteiger partial charge < -0.3 is 26.6 Å². The van der Waals surface area contributed by atoms with Crippen LogP contribution in [0.15, 0.2) is 102 Å². The van der Waals surface area contributed by atoms with Crippen LogP contribution < -0.4 is 31.2 Å². The Hall–Kier alpha value is -3.61. The zero-order valence-electron chi connectivity index (χ0n) is 26.6. The van der Waals surface area contributed by atoms with Gasteiger partial charge in [-0.2, -0.15) is 0 Å². The Balaban J connectivity index is 0.00000338. The van der Waals surface area contributed by atoms with E-state index in [4.69, 9.17) is 4.74 Å². The van der Waals surface area contributed by atoms with Crippen molar-refractivity contribution in [1.29, 1.82) is 0 Å². The summed E-state index contributed by atoms with van der Waals surface area (Å²) in [5, 5.41) is 2.58. The maximum absolute atomic E-state index is 5.98. The molecule has 6 aromatic rings. The molecule has 0 fully saturated rings. The minimum Gasteiger partial charge on any atom is -1.00 e. The van der Waals surface area contributed by atoms with E-state index in [0.29, 0.717) is 11.8 Å². The molecule has 1 aliphatic carbocycles. The number of aromatic nitrogens is 2. The number of ether oxygens (including phenoxy) is 1. The molecule has 2 atom stereocenters. The summed E-state index contributed by atoms with van der Waals surface area (Å²) in [6.45, 7) is 8.31. The molecular weight excluding hydrogens is 698 g/mol. The van der Waals surface area contributed by atoms with Gasteiger partial charge in [0.2, 0.25) is 6.33 Å². The lowest BCUT2D eigenvalue weighted by Gasteiger charge is -2.39. The Morgan fingerprint density at radius 1 is 0.848 bits per heavy atom. The summed E-state index contributed by atoms with van der Waals surface area (Å²) in [6, 6.07) is 33.7. The molecule has 0 spiro atoms. The molecule has 0 bridgehead atoms. The van der Waals surface area contributed by atoms with Gasteiger partial charge in [-0.15, -0.1) is 0 Å². The monoisotopic (exact) mass is 735 g/mol. The molecule has 0 N–H and O–H groups in total. The van der Waals surface area contributed by atoms with Crippen LogP contribution in [-0.4, -0.2) is 24.8 Å². The normalized spacial score (nSPS) is 16.7. The standard InChI is InChI=1S/C40H39BrN3O.BrH/c1-26-18-36-37(19-27(26)2)44(23-28-12-13-29-8-4-5-9-30(29)20-28)25-43(36)17-7-16-42-24-32-21-31-14-15-33(41)22-35(31)39(32)34-10-6-11-38(45-3)40(34)42;/h4-6,8-15,18-20,22,25,32,39H,7,16-17,21,23-24H2,1-3H3;1H/q+1;/p-1/t32-,39-;/m0./s1. The highest BCUT2D eigenvalue weighted by Gasteiger charge is 2.41. The maximum Gasteiger partial charge on any atom is 0.245 e. The predicted octanol–water partition coefficient (Wildman–Crippen LogP) is 5.74. The third kappa shape index (κ3) is 5.43. The van der Waals surface area contributed by atoms with E-state index in [1.807, 2.05) is 7.11 Å². The van der Waals surface area contributed by atoms with Crippen molar-refractivity contribution in [3.63, 3.8) is 0 Å². The van der Waals surface area contributed by atoms with Crippen molar-refractivity contribution < 1.29 is 26.3 Å². The zero-order valence-corrected chi connectivity index (χ0v) is 29.8. The van der Waals surface area contributed by atoms with Gasteiger partial charge in [-0.1, -0.05) is 70.5 Å². The molecule has 8 rings (SSSR count). The van der Waals surface area contributed by atoms with Crippen molar-refractivity contribution in [3.05, 3.63) is 135 Å². The van der Waals surface area contributed by atoms with Crippen LogP contribution in [-0.2, 0) is 19.5 Å². The summed E-state index contributed by atoms with van der Waals surface area (Å²) in [5.41, 5.74) is 12.3. The first kappa shape index (κ1) is 31.0. The van der Waals surface area contributed by atoms with E-state index in [-0.39, 0.29) is 17.0 Å². The van der Waals surface area contributed by atoms with Crippen LogP contribution in [0.3, 0.4) is 0 Å². The lowest BCUT2D eigenvalue weighted by molar-refractivity contribution is -0.663. The fourth-order valence-electron chi connectivity index (χ4n) is 7.97. The van der Waals surface area contributed by atoms with Crippen molar-refractivity contribution in [2.24, 2.45) is 5.92 Å². The molecule has 46 heavy (non-hydrogen) atoms. The van der Waals surface area contributed by atoms with Crippen LogP contribution in [0.1, 0.15) is 45.7 Å². The SMILES string of the molecule is COc1cccc2c1N(CCCn1c[n+](Cc3ccc4ccccc4c3)c3cc(C)c(C)cc31)C[C@@H]1Cc3ccc(Br)cc3[C@H]21.[Br-]. The van der Waals surface area contributed by atoms with Crippen molar-refractivity contribution >= 4 is 43.4 Å². The highest BCUT2D eigenvalue weighted by molar-refractivity contribution is 9.10. The molecule has 0 saturated heterocycles. The van der Waals surface area contributed by atoms with Gasteiger partial charge in [-0.25, -0.2) is 9.13 Å². The molecule has 0 unspecified atom stereocenters. The lowest BCUT2D eigenvalue weighted by Crippen LogP contribution is -3.00. The summed E-state index contributed by atoms with van der Waals surface area (Å²) in [7, 11) is 1.81. The van der Waals surface area contributed by atoms with Gasteiger partial charge in [0.05, 0.1) is 19.3 Å². The van der Waals surface area contributed by atoms with Crippen molar-refractivity contribution in [2.45, 2.75) is 45.7 Å². The molecular formula is C40H39Br2N3O. The number of halogens is 2. The summed E-state index contributed by atoms with van der Waals surface area (Å²) in [4.78, 5) is 2.61. The third-order valence-corrected chi connectivity index (χ3v) is 10.7. The molecule has 4 nitrogen and oxygen atoms in total. The smallest absolute Gasteiger partial charge is 0.245 e. The van der Waals surface area contributed by atoms with E-state index < -0.39 is 0 Å². The molecule has 1 aliphatic heterocycles. The number of para-hydroxylation sites is 1. The number of anilines is 1. The summed E-state index contributed by atoms with van der Waals surface area (Å²) in [5.74, 6) is 1.99. The van der Waals surface area contributed by atoms with E-state index in [0.717, 1.165) is 49.2 Å². The number of rotatable bonds is 7. The van der Waals surface area contributed by atoms with Gasteiger partial charge in [0.15, 0.2) is 11.0 Å². The summed E-state index contributed by atoms with van der Waals surface area (Å²) < 4.78 is 12.0.